The van der Waals surface area contributed by atoms with E-state index in [-0.39, 0.29) is 5.91 Å². The molecule has 3 atom stereocenters. The van der Waals surface area contributed by atoms with Crippen molar-refractivity contribution in [3.63, 3.8) is 0 Å². The molecule has 4 nitrogen and oxygen atoms in total. The molecule has 0 heterocycles. The van der Waals surface area contributed by atoms with Crippen LogP contribution in [0.2, 0.25) is 0 Å². The Morgan fingerprint density at radius 1 is 1.29 bits per heavy atom. The summed E-state index contributed by atoms with van der Waals surface area (Å²) >= 11 is 0. The van der Waals surface area contributed by atoms with Gasteiger partial charge in [0.1, 0.15) is 0 Å². The summed E-state index contributed by atoms with van der Waals surface area (Å²) in [6.07, 6.45) is 4.97. The third kappa shape index (κ3) is 4.59. The number of nitrogens with one attached hydrogen (secondary N) is 1. The first-order valence-electron chi connectivity index (χ1n) is 7.63. The van der Waals surface area contributed by atoms with Crippen molar-refractivity contribution in [1.82, 2.24) is 5.32 Å². The average Bonchev–Trinajstić information content (AvgIpc) is 2.45. The van der Waals surface area contributed by atoms with E-state index in [2.05, 4.69) is 12.2 Å². The Morgan fingerprint density at radius 2 is 2.00 bits per heavy atom. The first-order chi connectivity index (χ1) is 10.1. The maximum Gasteiger partial charge on any atom is 0.330 e. The monoisotopic (exact) mass is 289 g/mol. The fourth-order valence-electron chi connectivity index (χ4n) is 3.16. The van der Waals surface area contributed by atoms with E-state index in [1.807, 2.05) is 6.07 Å². The van der Waals surface area contributed by atoms with Gasteiger partial charge in [0, 0.05) is 6.42 Å². The second kappa shape index (κ2) is 7.25. The molecule has 1 saturated carbocycles. The molecule has 1 aliphatic carbocycles. The van der Waals surface area contributed by atoms with Gasteiger partial charge in [0.15, 0.2) is 6.04 Å². The fourth-order valence-corrected chi connectivity index (χ4v) is 3.16. The Balaban J connectivity index is 1.94. The fraction of sp³-hybridized carbons (Fsp3) is 0.529. The lowest BCUT2D eigenvalue weighted by molar-refractivity contribution is -0.142. The number of amides is 1. The minimum Gasteiger partial charge on any atom is -0.479 e. The van der Waals surface area contributed by atoms with Crippen molar-refractivity contribution in [2.45, 2.75) is 45.1 Å². The van der Waals surface area contributed by atoms with Crippen molar-refractivity contribution in [3.8, 4) is 0 Å². The third-order valence-electron chi connectivity index (χ3n) is 4.20. The summed E-state index contributed by atoms with van der Waals surface area (Å²) in [7, 11) is 0. The van der Waals surface area contributed by atoms with Crippen LogP contribution in [0.3, 0.4) is 0 Å². The van der Waals surface area contributed by atoms with Gasteiger partial charge in [-0.2, -0.15) is 0 Å². The molecule has 0 spiro atoms. The summed E-state index contributed by atoms with van der Waals surface area (Å²) in [5.74, 6) is -0.128. The van der Waals surface area contributed by atoms with Gasteiger partial charge in [-0.15, -0.1) is 0 Å². The largest absolute Gasteiger partial charge is 0.479 e. The van der Waals surface area contributed by atoms with Crippen LogP contribution in [0.1, 0.15) is 50.6 Å². The molecule has 0 bridgehead atoms. The van der Waals surface area contributed by atoms with Crippen molar-refractivity contribution >= 4 is 11.9 Å². The van der Waals surface area contributed by atoms with Crippen molar-refractivity contribution in [2.75, 3.05) is 0 Å². The topological polar surface area (TPSA) is 66.4 Å². The van der Waals surface area contributed by atoms with Gasteiger partial charge in [0.2, 0.25) is 5.91 Å². The van der Waals surface area contributed by atoms with E-state index in [9.17, 15) is 14.7 Å². The van der Waals surface area contributed by atoms with Crippen LogP contribution in [-0.2, 0) is 9.59 Å². The summed E-state index contributed by atoms with van der Waals surface area (Å²) in [4.78, 5) is 23.5. The summed E-state index contributed by atoms with van der Waals surface area (Å²) in [5, 5.41) is 12.0. The van der Waals surface area contributed by atoms with Crippen LogP contribution in [-0.4, -0.2) is 17.0 Å². The van der Waals surface area contributed by atoms with Crippen LogP contribution in [0, 0.1) is 11.8 Å². The molecule has 21 heavy (non-hydrogen) atoms. The second-order valence-corrected chi connectivity index (χ2v) is 6.09. The van der Waals surface area contributed by atoms with Gasteiger partial charge in [-0.25, -0.2) is 4.79 Å². The molecule has 1 aromatic carbocycles. The molecule has 0 aromatic heterocycles. The predicted molar refractivity (Wildman–Crippen MR) is 80.7 cm³/mol. The molecule has 1 aromatic rings. The standard InChI is InChI=1S/C17H23NO3/c1-12-6-5-7-13(10-12)11-15(19)18-16(17(20)21)14-8-3-2-4-9-14/h2-4,8-9,12-13,16H,5-7,10-11H2,1H3,(H,18,19)(H,20,21). The molecule has 0 aliphatic heterocycles. The van der Waals surface area contributed by atoms with Gasteiger partial charge in [0.25, 0.3) is 0 Å². The summed E-state index contributed by atoms with van der Waals surface area (Å²) in [6, 6.07) is 7.87. The number of carboxylic acid groups (broad SMARTS) is 1. The van der Waals surface area contributed by atoms with Crippen molar-refractivity contribution in [1.29, 1.82) is 0 Å². The van der Waals surface area contributed by atoms with E-state index < -0.39 is 12.0 Å². The molecule has 2 N–H and O–H groups in total. The number of benzene rings is 1. The van der Waals surface area contributed by atoms with Crippen molar-refractivity contribution in [3.05, 3.63) is 35.9 Å². The molecule has 1 amide bonds. The highest BCUT2D eigenvalue weighted by Crippen LogP contribution is 2.30. The maximum absolute atomic E-state index is 12.1. The number of hydrogen-bond acceptors (Lipinski definition) is 2. The molecular formula is C17H23NO3. The lowest BCUT2D eigenvalue weighted by Crippen LogP contribution is -2.35. The molecule has 0 saturated heterocycles. The lowest BCUT2D eigenvalue weighted by atomic mass is 9.80. The molecule has 3 unspecified atom stereocenters. The van der Waals surface area contributed by atoms with E-state index in [1.165, 1.54) is 12.8 Å². The Hall–Kier alpha value is -1.84. The Labute approximate surface area is 125 Å². The van der Waals surface area contributed by atoms with Crippen LogP contribution < -0.4 is 5.32 Å². The van der Waals surface area contributed by atoms with Crippen LogP contribution in [0.5, 0.6) is 0 Å². The number of carbonyl (C=O) groups excluding carboxylic acids is 1. The summed E-state index contributed by atoms with van der Waals surface area (Å²) < 4.78 is 0. The number of rotatable bonds is 5. The summed E-state index contributed by atoms with van der Waals surface area (Å²) in [6.45, 7) is 2.22. The molecule has 114 valence electrons. The smallest absolute Gasteiger partial charge is 0.330 e. The van der Waals surface area contributed by atoms with Crippen molar-refractivity contribution < 1.29 is 14.7 Å². The Morgan fingerprint density at radius 3 is 2.62 bits per heavy atom. The van der Waals surface area contributed by atoms with E-state index in [0.717, 1.165) is 12.8 Å². The normalized spacial score (nSPS) is 23.3. The number of aliphatic carboxylic acids is 1. The third-order valence-corrected chi connectivity index (χ3v) is 4.20. The highest BCUT2D eigenvalue weighted by molar-refractivity contribution is 5.84. The predicted octanol–water partition coefficient (Wildman–Crippen LogP) is 3.14. The number of hydrogen-bond donors (Lipinski definition) is 2. The zero-order chi connectivity index (χ0) is 15.2. The maximum atomic E-state index is 12.1. The van der Waals surface area contributed by atoms with Gasteiger partial charge in [0.05, 0.1) is 0 Å². The SMILES string of the molecule is CC1CCCC(CC(=O)NC(C(=O)O)c2ccccc2)C1. The molecule has 0 radical (unpaired) electrons. The van der Waals surface area contributed by atoms with E-state index in [4.69, 9.17) is 0 Å². The van der Waals surface area contributed by atoms with Gasteiger partial charge < -0.3 is 10.4 Å². The Kier molecular flexibility index (Phi) is 5.37. The zero-order valence-electron chi connectivity index (χ0n) is 12.4. The second-order valence-electron chi connectivity index (χ2n) is 6.09. The zero-order valence-corrected chi connectivity index (χ0v) is 12.4. The lowest BCUT2D eigenvalue weighted by Gasteiger charge is -2.26. The van der Waals surface area contributed by atoms with Gasteiger partial charge >= 0.3 is 5.97 Å². The highest BCUT2D eigenvalue weighted by atomic mass is 16.4. The van der Waals surface area contributed by atoms with Gasteiger partial charge in [-0.05, 0) is 30.2 Å². The van der Waals surface area contributed by atoms with Crippen LogP contribution in [0.4, 0.5) is 0 Å². The van der Waals surface area contributed by atoms with E-state index in [0.29, 0.717) is 23.8 Å². The average molecular weight is 289 g/mol. The molecule has 4 heteroatoms. The van der Waals surface area contributed by atoms with Gasteiger partial charge in [-0.3, -0.25) is 4.79 Å². The quantitative estimate of drug-likeness (QED) is 0.875. The minimum absolute atomic E-state index is 0.162. The minimum atomic E-state index is -1.02. The van der Waals surface area contributed by atoms with Crippen molar-refractivity contribution in [2.24, 2.45) is 11.8 Å². The first-order valence-corrected chi connectivity index (χ1v) is 7.63. The molecular weight excluding hydrogens is 266 g/mol. The highest BCUT2D eigenvalue weighted by Gasteiger charge is 2.25. The molecule has 1 aliphatic rings. The van der Waals surface area contributed by atoms with Crippen LogP contribution >= 0.6 is 0 Å². The summed E-state index contributed by atoms with van der Waals surface area (Å²) in [5.41, 5.74) is 0.607. The first kappa shape index (κ1) is 15.5. The Bertz CT molecular complexity index is 486. The number of carbonyl (C=O) groups is 2. The van der Waals surface area contributed by atoms with Crippen LogP contribution in [0.15, 0.2) is 30.3 Å². The van der Waals surface area contributed by atoms with Gasteiger partial charge in [-0.1, -0.05) is 50.1 Å². The molecule has 2 rings (SSSR count). The molecule has 1 fully saturated rings. The van der Waals surface area contributed by atoms with Crippen LogP contribution in [0.25, 0.3) is 0 Å². The number of carboxylic acids is 1. The van der Waals surface area contributed by atoms with E-state index >= 15 is 0 Å². The van der Waals surface area contributed by atoms with E-state index in [1.54, 1.807) is 24.3 Å².